The van der Waals surface area contributed by atoms with Gasteiger partial charge in [0.25, 0.3) is 5.69 Å². The zero-order chi connectivity index (χ0) is 17.8. The van der Waals surface area contributed by atoms with Gasteiger partial charge in [0.2, 0.25) is 0 Å². The van der Waals surface area contributed by atoms with Crippen LogP contribution in [-0.4, -0.2) is 30.4 Å². The van der Waals surface area contributed by atoms with Gasteiger partial charge in [0.05, 0.1) is 9.95 Å². The van der Waals surface area contributed by atoms with Gasteiger partial charge in [-0.3, -0.25) is 14.9 Å². The number of rotatable bonds is 5. The number of nitrogens with zero attached hydrogens (tertiary/aromatic N) is 2. The lowest BCUT2D eigenvalue weighted by atomic mass is 10.1. The van der Waals surface area contributed by atoms with Crippen LogP contribution < -0.4 is 9.64 Å². The fourth-order valence-corrected chi connectivity index (χ4v) is 3.09. The molecule has 0 bridgehead atoms. The van der Waals surface area contributed by atoms with Crippen molar-refractivity contribution in [2.75, 3.05) is 18.0 Å². The average molecular weight is 361 g/mol. The Bertz CT molecular complexity index is 771. The van der Waals surface area contributed by atoms with Crippen molar-refractivity contribution in [3.05, 3.63) is 63.2 Å². The molecule has 0 aromatic heterocycles. The quantitative estimate of drug-likeness (QED) is 0.456. The molecular weight excluding hydrogens is 344 g/mol. The van der Waals surface area contributed by atoms with E-state index in [0.717, 1.165) is 37.9 Å². The van der Waals surface area contributed by atoms with Gasteiger partial charge in [-0.25, -0.2) is 0 Å². The number of hydrogen-bond acceptors (Lipinski definition) is 5. The van der Waals surface area contributed by atoms with E-state index in [0.29, 0.717) is 11.3 Å². The molecule has 0 unspecified atom stereocenters. The number of nitro groups is 1. The van der Waals surface area contributed by atoms with Gasteiger partial charge in [-0.05, 0) is 30.3 Å². The number of anilines is 1. The largest absolute Gasteiger partial charge is 0.489 e. The zero-order valence-corrected chi connectivity index (χ0v) is 14.2. The van der Waals surface area contributed by atoms with Gasteiger partial charge in [0.1, 0.15) is 18.1 Å². The molecule has 2 aromatic carbocycles. The Hall–Kier alpha value is -2.60. The third kappa shape index (κ3) is 4.09. The maximum Gasteiger partial charge on any atom is 0.271 e. The highest BCUT2D eigenvalue weighted by atomic mass is 35.5. The van der Waals surface area contributed by atoms with Crippen molar-refractivity contribution in [2.45, 2.75) is 18.9 Å². The van der Waals surface area contributed by atoms with Gasteiger partial charge < -0.3 is 9.64 Å². The fraction of sp³-hybridized carbons (Fsp3) is 0.278. The van der Waals surface area contributed by atoms with E-state index in [9.17, 15) is 14.9 Å². The maximum absolute atomic E-state index is 10.7. The highest BCUT2D eigenvalue weighted by molar-refractivity contribution is 6.32. The Kier molecular flexibility index (Phi) is 5.19. The Morgan fingerprint density at radius 1 is 1.16 bits per heavy atom. The van der Waals surface area contributed by atoms with Crippen molar-refractivity contribution < 1.29 is 14.5 Å². The first-order valence-corrected chi connectivity index (χ1v) is 8.35. The maximum atomic E-state index is 10.7. The lowest BCUT2D eigenvalue weighted by molar-refractivity contribution is -0.384. The summed E-state index contributed by atoms with van der Waals surface area (Å²) in [6.07, 6.45) is 2.49. The van der Waals surface area contributed by atoms with E-state index in [1.807, 2.05) is 24.3 Å². The fourth-order valence-electron chi connectivity index (χ4n) is 2.87. The Morgan fingerprint density at radius 3 is 2.40 bits per heavy atom. The summed E-state index contributed by atoms with van der Waals surface area (Å²) in [7, 11) is 0. The smallest absolute Gasteiger partial charge is 0.271 e. The van der Waals surface area contributed by atoms with Crippen LogP contribution in [0.1, 0.15) is 23.2 Å². The monoisotopic (exact) mass is 360 g/mol. The summed E-state index contributed by atoms with van der Waals surface area (Å²) >= 11 is 6.08. The molecule has 25 heavy (non-hydrogen) atoms. The standard InChI is InChI=1S/C18H17ClN2O4/c19-17-11-15(21(23)24)5-6-18(17)25-16-7-9-20(10-8-16)14-3-1-13(12-22)2-4-14/h1-6,11-12,16H,7-10H2. The number of hydrogen-bond donors (Lipinski definition) is 0. The predicted molar refractivity (Wildman–Crippen MR) is 95.8 cm³/mol. The third-order valence-corrected chi connectivity index (χ3v) is 4.55. The molecule has 1 aliphatic rings. The highest BCUT2D eigenvalue weighted by Gasteiger charge is 2.22. The number of aldehydes is 1. The molecule has 0 amide bonds. The third-order valence-electron chi connectivity index (χ3n) is 4.26. The van der Waals surface area contributed by atoms with Crippen LogP contribution >= 0.6 is 11.6 Å². The molecule has 2 aromatic rings. The molecule has 1 heterocycles. The second-order valence-electron chi connectivity index (χ2n) is 5.89. The first-order valence-electron chi connectivity index (χ1n) is 7.97. The van der Waals surface area contributed by atoms with Crippen LogP contribution in [0.25, 0.3) is 0 Å². The van der Waals surface area contributed by atoms with E-state index < -0.39 is 4.92 Å². The lowest BCUT2D eigenvalue weighted by Crippen LogP contribution is -2.38. The normalized spacial score (nSPS) is 15.0. The van der Waals surface area contributed by atoms with Crippen molar-refractivity contribution >= 4 is 29.3 Å². The number of halogens is 1. The van der Waals surface area contributed by atoms with E-state index in [-0.39, 0.29) is 16.8 Å². The summed E-state index contributed by atoms with van der Waals surface area (Å²) in [5, 5.41) is 11.0. The molecule has 6 nitrogen and oxygen atoms in total. The van der Waals surface area contributed by atoms with Gasteiger partial charge in [0, 0.05) is 49.3 Å². The van der Waals surface area contributed by atoms with Gasteiger partial charge >= 0.3 is 0 Å². The average Bonchev–Trinajstić information content (AvgIpc) is 2.64. The van der Waals surface area contributed by atoms with Gasteiger partial charge in [-0.1, -0.05) is 11.6 Å². The molecule has 1 aliphatic heterocycles. The summed E-state index contributed by atoms with van der Waals surface area (Å²) in [6.45, 7) is 1.66. The van der Waals surface area contributed by atoms with Crippen LogP contribution in [0.5, 0.6) is 5.75 Å². The number of carbonyl (C=O) groups excluding carboxylic acids is 1. The molecule has 0 N–H and O–H groups in total. The Balaban J connectivity index is 1.59. The topological polar surface area (TPSA) is 72.7 Å². The molecule has 0 aliphatic carbocycles. The number of nitro benzene ring substituents is 1. The summed E-state index contributed by atoms with van der Waals surface area (Å²) in [6, 6.07) is 11.7. The van der Waals surface area contributed by atoms with E-state index in [4.69, 9.17) is 16.3 Å². The molecule has 1 saturated heterocycles. The summed E-state index contributed by atoms with van der Waals surface area (Å²) < 4.78 is 5.91. The number of ether oxygens (including phenoxy) is 1. The van der Waals surface area contributed by atoms with Gasteiger partial charge in [0.15, 0.2) is 0 Å². The molecule has 0 saturated carbocycles. The van der Waals surface area contributed by atoms with Gasteiger partial charge in [-0.15, -0.1) is 0 Å². The summed E-state index contributed by atoms with van der Waals surface area (Å²) in [5.41, 5.74) is 1.69. The first-order chi connectivity index (χ1) is 12.1. The van der Waals surface area contributed by atoms with Crippen molar-refractivity contribution in [1.82, 2.24) is 0 Å². The number of carbonyl (C=O) groups is 1. The Labute approximate surface area is 150 Å². The first kappa shape index (κ1) is 17.2. The van der Waals surface area contributed by atoms with Crippen LogP contribution in [0.15, 0.2) is 42.5 Å². The molecule has 0 radical (unpaired) electrons. The minimum absolute atomic E-state index is 0.0180. The van der Waals surface area contributed by atoms with Crippen molar-refractivity contribution in [3.63, 3.8) is 0 Å². The van der Waals surface area contributed by atoms with Crippen LogP contribution in [-0.2, 0) is 0 Å². The van der Waals surface area contributed by atoms with E-state index in [1.165, 1.54) is 12.1 Å². The number of benzene rings is 2. The van der Waals surface area contributed by atoms with Crippen LogP contribution in [0.4, 0.5) is 11.4 Å². The molecule has 0 spiro atoms. The predicted octanol–water partition coefficient (Wildman–Crippen LogP) is 4.11. The molecular formula is C18H17ClN2O4. The van der Waals surface area contributed by atoms with E-state index >= 15 is 0 Å². The van der Waals surface area contributed by atoms with E-state index in [2.05, 4.69) is 4.90 Å². The second kappa shape index (κ2) is 7.53. The van der Waals surface area contributed by atoms with Crippen LogP contribution in [0.3, 0.4) is 0 Å². The second-order valence-corrected chi connectivity index (χ2v) is 6.29. The molecule has 1 fully saturated rings. The van der Waals surface area contributed by atoms with Crippen LogP contribution in [0.2, 0.25) is 5.02 Å². The molecule has 130 valence electrons. The zero-order valence-electron chi connectivity index (χ0n) is 13.4. The molecule has 3 rings (SSSR count). The van der Waals surface area contributed by atoms with Crippen molar-refractivity contribution in [3.8, 4) is 5.75 Å². The molecule has 0 atom stereocenters. The lowest BCUT2D eigenvalue weighted by Gasteiger charge is -2.33. The van der Waals surface area contributed by atoms with Crippen molar-refractivity contribution in [1.29, 1.82) is 0 Å². The van der Waals surface area contributed by atoms with Gasteiger partial charge in [-0.2, -0.15) is 0 Å². The highest BCUT2D eigenvalue weighted by Crippen LogP contribution is 2.31. The van der Waals surface area contributed by atoms with Crippen molar-refractivity contribution in [2.24, 2.45) is 0 Å². The Morgan fingerprint density at radius 2 is 1.84 bits per heavy atom. The van der Waals surface area contributed by atoms with E-state index in [1.54, 1.807) is 6.07 Å². The summed E-state index contributed by atoms with van der Waals surface area (Å²) in [4.78, 5) is 23.2. The number of non-ortho nitro benzene ring substituents is 1. The van der Waals surface area contributed by atoms with Crippen LogP contribution in [0, 0.1) is 10.1 Å². The minimum atomic E-state index is -0.482. The summed E-state index contributed by atoms with van der Waals surface area (Å²) in [5.74, 6) is 0.473. The molecule has 7 heteroatoms. The SMILES string of the molecule is O=Cc1ccc(N2CCC(Oc3ccc([N+](=O)[O-])cc3Cl)CC2)cc1. The minimum Gasteiger partial charge on any atom is -0.489 e. The number of piperidine rings is 1.